The highest BCUT2D eigenvalue weighted by Crippen LogP contribution is 2.37. The van der Waals surface area contributed by atoms with Gasteiger partial charge in [-0.15, -0.1) is 0 Å². The normalized spacial score (nSPS) is 23.6. The van der Waals surface area contributed by atoms with E-state index in [2.05, 4.69) is 38.9 Å². The molecule has 0 aliphatic heterocycles. The number of carbonyl (C=O) groups is 1. The highest BCUT2D eigenvalue weighted by molar-refractivity contribution is 9.10. The average molecular weight is 283 g/mol. The Balaban J connectivity index is 1.97. The fourth-order valence-corrected chi connectivity index (χ4v) is 2.42. The third-order valence-corrected chi connectivity index (χ3v) is 3.48. The summed E-state index contributed by atoms with van der Waals surface area (Å²) in [7, 11) is 0. The molecule has 1 aromatic carbocycles. The van der Waals surface area contributed by atoms with E-state index in [1.807, 2.05) is 12.1 Å². The molecule has 0 radical (unpaired) electrons. The minimum Gasteiger partial charge on any atom is -0.292 e. The molecule has 1 saturated carbocycles. The molecule has 1 aliphatic rings. The molecule has 16 heavy (non-hydrogen) atoms. The zero-order valence-electron chi connectivity index (χ0n) is 9.16. The number of hydrogen-bond donors (Lipinski definition) is 2. The monoisotopic (exact) mass is 282 g/mol. The van der Waals surface area contributed by atoms with Gasteiger partial charge in [-0.05, 0) is 30.5 Å². The molecule has 2 atom stereocenters. The van der Waals surface area contributed by atoms with Crippen molar-refractivity contribution >= 4 is 21.8 Å². The molecule has 2 unspecified atom stereocenters. The first-order valence-electron chi connectivity index (χ1n) is 5.44. The van der Waals surface area contributed by atoms with E-state index in [-0.39, 0.29) is 5.91 Å². The molecule has 0 spiro atoms. The summed E-state index contributed by atoms with van der Waals surface area (Å²) in [5.74, 6) is 0.462. The molecule has 3 nitrogen and oxygen atoms in total. The molecule has 1 fully saturated rings. The molecule has 1 amide bonds. The van der Waals surface area contributed by atoms with Crippen LogP contribution in [0.15, 0.2) is 28.7 Å². The van der Waals surface area contributed by atoms with Crippen LogP contribution >= 0.6 is 15.9 Å². The molecule has 0 aromatic heterocycles. The molecule has 2 N–H and O–H groups in total. The first kappa shape index (κ1) is 11.6. The van der Waals surface area contributed by atoms with Crippen molar-refractivity contribution in [1.82, 2.24) is 10.9 Å². The Bertz CT molecular complexity index is 394. The molecule has 2 rings (SSSR count). The minimum atomic E-state index is -0.0418. The van der Waals surface area contributed by atoms with Crippen LogP contribution < -0.4 is 10.9 Å². The molecular formula is C12H15BrN2O. The Hall–Kier alpha value is -0.870. The number of nitrogens with one attached hydrogen (secondary N) is 2. The van der Waals surface area contributed by atoms with E-state index in [4.69, 9.17) is 0 Å². The van der Waals surface area contributed by atoms with Crippen LogP contribution in [0.3, 0.4) is 0 Å². The van der Waals surface area contributed by atoms with E-state index in [9.17, 15) is 4.79 Å². The number of rotatable bonds is 3. The second kappa shape index (κ2) is 4.97. The highest BCUT2D eigenvalue weighted by Gasteiger charge is 2.32. The van der Waals surface area contributed by atoms with Crippen LogP contribution in [0.2, 0.25) is 0 Å². The maximum atomic E-state index is 10.8. The Morgan fingerprint density at radius 3 is 2.81 bits per heavy atom. The standard InChI is InChI=1S/C12H15BrN2O/c1-8(16)14-15-12-6-5-11(12)9-3-2-4-10(13)7-9/h2-4,7,11-12,15H,5-6H2,1H3,(H,14,16). The predicted octanol–water partition coefficient (Wildman–Crippen LogP) is 2.34. The summed E-state index contributed by atoms with van der Waals surface area (Å²) in [6.45, 7) is 1.51. The summed E-state index contributed by atoms with van der Waals surface area (Å²) < 4.78 is 1.11. The lowest BCUT2D eigenvalue weighted by molar-refractivity contribution is -0.120. The van der Waals surface area contributed by atoms with Crippen molar-refractivity contribution in [3.8, 4) is 0 Å². The van der Waals surface area contributed by atoms with Crippen LogP contribution in [0.5, 0.6) is 0 Å². The van der Waals surface area contributed by atoms with E-state index in [1.54, 1.807) is 0 Å². The van der Waals surface area contributed by atoms with Gasteiger partial charge in [-0.3, -0.25) is 10.2 Å². The van der Waals surface area contributed by atoms with Gasteiger partial charge < -0.3 is 0 Å². The van der Waals surface area contributed by atoms with Crippen LogP contribution in [-0.4, -0.2) is 11.9 Å². The first-order chi connectivity index (χ1) is 7.66. The molecule has 86 valence electrons. The minimum absolute atomic E-state index is 0.0418. The van der Waals surface area contributed by atoms with Crippen LogP contribution in [-0.2, 0) is 4.79 Å². The quantitative estimate of drug-likeness (QED) is 0.836. The van der Waals surface area contributed by atoms with Gasteiger partial charge in [0, 0.05) is 23.4 Å². The van der Waals surface area contributed by atoms with Crippen molar-refractivity contribution in [2.24, 2.45) is 0 Å². The third kappa shape index (κ3) is 2.62. The zero-order valence-corrected chi connectivity index (χ0v) is 10.8. The largest absolute Gasteiger partial charge is 0.292 e. The van der Waals surface area contributed by atoms with Gasteiger partial charge in [-0.2, -0.15) is 0 Å². The summed E-state index contributed by atoms with van der Waals surface area (Å²) >= 11 is 3.48. The average Bonchev–Trinajstić information content (AvgIpc) is 2.15. The Morgan fingerprint density at radius 1 is 1.44 bits per heavy atom. The molecule has 0 heterocycles. The predicted molar refractivity (Wildman–Crippen MR) is 66.9 cm³/mol. The zero-order chi connectivity index (χ0) is 11.5. The highest BCUT2D eigenvalue weighted by atomic mass is 79.9. The maximum absolute atomic E-state index is 10.8. The van der Waals surface area contributed by atoms with Crippen LogP contribution in [0, 0.1) is 0 Å². The van der Waals surface area contributed by atoms with Gasteiger partial charge in [0.1, 0.15) is 0 Å². The second-order valence-electron chi connectivity index (χ2n) is 4.17. The van der Waals surface area contributed by atoms with Gasteiger partial charge >= 0.3 is 0 Å². The van der Waals surface area contributed by atoms with Gasteiger partial charge in [0.2, 0.25) is 5.91 Å². The van der Waals surface area contributed by atoms with Crippen molar-refractivity contribution in [3.63, 3.8) is 0 Å². The number of halogens is 1. The molecule has 1 aliphatic carbocycles. The van der Waals surface area contributed by atoms with Crippen molar-refractivity contribution < 1.29 is 4.79 Å². The summed E-state index contributed by atoms with van der Waals surface area (Å²) in [4.78, 5) is 10.8. The summed E-state index contributed by atoms with van der Waals surface area (Å²) in [5, 5.41) is 0. The van der Waals surface area contributed by atoms with E-state index >= 15 is 0 Å². The van der Waals surface area contributed by atoms with Crippen molar-refractivity contribution in [2.75, 3.05) is 0 Å². The Labute approximate surface area is 104 Å². The second-order valence-corrected chi connectivity index (χ2v) is 5.09. The fraction of sp³-hybridized carbons (Fsp3) is 0.417. The van der Waals surface area contributed by atoms with Crippen LogP contribution in [0.25, 0.3) is 0 Å². The van der Waals surface area contributed by atoms with E-state index in [1.165, 1.54) is 18.9 Å². The van der Waals surface area contributed by atoms with Crippen LogP contribution in [0.4, 0.5) is 0 Å². The van der Waals surface area contributed by atoms with Gasteiger partial charge in [0.05, 0.1) is 0 Å². The van der Waals surface area contributed by atoms with E-state index in [0.717, 1.165) is 10.9 Å². The van der Waals surface area contributed by atoms with E-state index < -0.39 is 0 Å². The maximum Gasteiger partial charge on any atom is 0.230 e. The van der Waals surface area contributed by atoms with Crippen molar-refractivity contribution in [3.05, 3.63) is 34.3 Å². The molecule has 4 heteroatoms. The van der Waals surface area contributed by atoms with Gasteiger partial charge in [0.15, 0.2) is 0 Å². The lowest BCUT2D eigenvalue weighted by atomic mass is 9.75. The van der Waals surface area contributed by atoms with Crippen molar-refractivity contribution in [1.29, 1.82) is 0 Å². The third-order valence-electron chi connectivity index (χ3n) is 2.98. The fourth-order valence-electron chi connectivity index (χ4n) is 2.00. The Morgan fingerprint density at radius 2 is 2.25 bits per heavy atom. The summed E-state index contributed by atoms with van der Waals surface area (Å²) in [5.41, 5.74) is 7.06. The number of hydrogen-bond acceptors (Lipinski definition) is 2. The summed E-state index contributed by atoms with van der Waals surface area (Å²) in [6, 6.07) is 8.72. The van der Waals surface area contributed by atoms with Crippen molar-refractivity contribution in [2.45, 2.75) is 31.7 Å². The lowest BCUT2D eigenvalue weighted by Gasteiger charge is -2.37. The van der Waals surface area contributed by atoms with Gasteiger partial charge in [-0.1, -0.05) is 28.1 Å². The van der Waals surface area contributed by atoms with E-state index in [0.29, 0.717) is 12.0 Å². The van der Waals surface area contributed by atoms with Crippen LogP contribution in [0.1, 0.15) is 31.2 Å². The number of hydrazine groups is 1. The number of benzene rings is 1. The molecule has 0 bridgehead atoms. The van der Waals surface area contributed by atoms with Gasteiger partial charge in [0.25, 0.3) is 0 Å². The topological polar surface area (TPSA) is 41.1 Å². The molecular weight excluding hydrogens is 268 g/mol. The SMILES string of the molecule is CC(=O)NNC1CCC1c1cccc(Br)c1. The Kier molecular flexibility index (Phi) is 3.61. The number of carbonyl (C=O) groups excluding carboxylic acids is 1. The lowest BCUT2D eigenvalue weighted by Crippen LogP contribution is -2.50. The first-order valence-corrected chi connectivity index (χ1v) is 6.23. The molecule has 0 saturated heterocycles. The molecule has 1 aromatic rings. The summed E-state index contributed by atoms with van der Waals surface area (Å²) in [6.07, 6.45) is 2.28. The van der Waals surface area contributed by atoms with Gasteiger partial charge in [-0.25, -0.2) is 5.43 Å². The smallest absolute Gasteiger partial charge is 0.230 e. The number of amides is 1.